The molecular weight excluding hydrogens is 416 g/mol. The zero-order valence-corrected chi connectivity index (χ0v) is 18.9. The number of nitrogens with zero attached hydrogens (tertiary/aromatic N) is 5. The van der Waals surface area contributed by atoms with Crippen LogP contribution in [0.4, 0.5) is 5.95 Å². The van der Waals surface area contributed by atoms with Gasteiger partial charge in [-0.05, 0) is 49.9 Å². The van der Waals surface area contributed by atoms with Crippen LogP contribution in [-0.4, -0.2) is 44.3 Å². The van der Waals surface area contributed by atoms with Crippen molar-refractivity contribution in [2.24, 2.45) is 0 Å². The summed E-state index contributed by atoms with van der Waals surface area (Å²) in [6.07, 6.45) is 7.85. The third kappa shape index (κ3) is 5.03. The van der Waals surface area contributed by atoms with Crippen LogP contribution in [0.1, 0.15) is 71.7 Å². The van der Waals surface area contributed by atoms with Crippen molar-refractivity contribution in [2.45, 2.75) is 52.0 Å². The second-order valence-corrected chi connectivity index (χ2v) is 8.36. The van der Waals surface area contributed by atoms with Crippen molar-refractivity contribution in [3.8, 4) is 6.07 Å². The van der Waals surface area contributed by atoms with E-state index in [9.17, 15) is 9.59 Å². The van der Waals surface area contributed by atoms with Crippen molar-refractivity contribution in [3.63, 3.8) is 0 Å². The summed E-state index contributed by atoms with van der Waals surface area (Å²) in [6.45, 7) is 4.33. The second-order valence-electron chi connectivity index (χ2n) is 8.36. The lowest BCUT2D eigenvalue weighted by molar-refractivity contribution is 0.0724. The largest absolute Gasteiger partial charge is 0.339 e. The number of nitrogens with one attached hydrogen (secondary N) is 1. The van der Waals surface area contributed by atoms with Gasteiger partial charge in [0.2, 0.25) is 5.95 Å². The number of likely N-dealkylation sites (tertiary alicyclic amines) is 1. The lowest BCUT2D eigenvalue weighted by atomic mass is 10.1. The zero-order chi connectivity index (χ0) is 23.2. The number of rotatable bonds is 7. The molecule has 0 radical (unpaired) electrons. The number of hydrogen-bond donors (Lipinski definition) is 1. The molecule has 4 rings (SSSR count). The molecule has 2 amide bonds. The van der Waals surface area contributed by atoms with Gasteiger partial charge in [0.25, 0.3) is 11.8 Å². The Hall–Kier alpha value is -3.73. The number of anilines is 1. The molecule has 1 N–H and O–H groups in total. The number of carbonyl (C=O) groups excluding carboxylic acids is 2. The Bertz CT molecular complexity index is 1200. The molecule has 1 aliphatic heterocycles. The minimum absolute atomic E-state index is 0.0245. The number of carbonyl (C=O) groups is 2. The molecule has 0 spiro atoms. The molecule has 0 atom stereocenters. The highest BCUT2D eigenvalue weighted by atomic mass is 16.2. The average molecular weight is 445 g/mol. The minimum atomic E-state index is -0.344. The fourth-order valence-corrected chi connectivity index (χ4v) is 4.14. The summed E-state index contributed by atoms with van der Waals surface area (Å²) in [7, 11) is 0. The van der Waals surface area contributed by atoms with Crippen LogP contribution in [0.5, 0.6) is 0 Å². The van der Waals surface area contributed by atoms with Gasteiger partial charge >= 0.3 is 0 Å². The Morgan fingerprint density at radius 1 is 1.12 bits per heavy atom. The number of hydrogen-bond acceptors (Lipinski definition) is 5. The van der Waals surface area contributed by atoms with Crippen molar-refractivity contribution >= 4 is 28.9 Å². The van der Waals surface area contributed by atoms with Gasteiger partial charge in [0.05, 0.1) is 17.2 Å². The number of unbranched alkanes of at least 4 members (excludes halogenated alkanes) is 2. The van der Waals surface area contributed by atoms with E-state index in [0.29, 0.717) is 40.3 Å². The van der Waals surface area contributed by atoms with Gasteiger partial charge in [-0.25, -0.2) is 9.97 Å². The molecule has 1 aliphatic rings. The standard InChI is InChI=1S/C25H28N6O2/c1-2-3-5-13-31-22-21(15-20(17-27-22)24(33)30-11-6-4-7-12-30)28-25(31)29-23(32)19-10-8-9-18(14-19)16-26/h8-10,14-15,17H,2-7,11-13H2,1H3,(H,28,29,32). The first-order chi connectivity index (χ1) is 16.1. The number of benzene rings is 1. The summed E-state index contributed by atoms with van der Waals surface area (Å²) in [5.74, 6) is 0.0239. The number of aryl methyl sites for hydroxylation is 1. The summed E-state index contributed by atoms with van der Waals surface area (Å²) in [6, 6.07) is 10.4. The molecule has 33 heavy (non-hydrogen) atoms. The molecule has 0 aliphatic carbocycles. The van der Waals surface area contributed by atoms with Crippen molar-refractivity contribution in [1.29, 1.82) is 5.26 Å². The lowest BCUT2D eigenvalue weighted by Crippen LogP contribution is -2.35. The Labute approximate surface area is 193 Å². The molecule has 1 aromatic carbocycles. The van der Waals surface area contributed by atoms with E-state index >= 15 is 0 Å². The van der Waals surface area contributed by atoms with Gasteiger partial charge in [0.1, 0.15) is 5.52 Å². The van der Waals surface area contributed by atoms with Gasteiger partial charge in [-0.3, -0.25) is 19.5 Å². The van der Waals surface area contributed by atoms with Gasteiger partial charge in [-0.15, -0.1) is 0 Å². The van der Waals surface area contributed by atoms with E-state index in [2.05, 4.69) is 28.3 Å². The maximum Gasteiger partial charge on any atom is 0.258 e. The first-order valence-electron chi connectivity index (χ1n) is 11.6. The molecule has 3 heterocycles. The summed E-state index contributed by atoms with van der Waals surface area (Å²) < 4.78 is 1.90. The SMILES string of the molecule is CCCCCn1c(NC(=O)c2cccc(C#N)c2)nc2cc(C(=O)N3CCCCC3)cnc21. The molecule has 8 heteroatoms. The van der Waals surface area contributed by atoms with Crippen LogP contribution in [0.3, 0.4) is 0 Å². The van der Waals surface area contributed by atoms with Crippen LogP contribution in [0, 0.1) is 11.3 Å². The Kier molecular flexibility index (Phi) is 6.98. The molecule has 1 fully saturated rings. The number of imidazole rings is 1. The van der Waals surface area contributed by atoms with Crippen molar-refractivity contribution in [3.05, 3.63) is 53.2 Å². The van der Waals surface area contributed by atoms with Crippen molar-refractivity contribution in [2.75, 3.05) is 18.4 Å². The highest BCUT2D eigenvalue weighted by Gasteiger charge is 2.21. The van der Waals surface area contributed by atoms with Crippen LogP contribution in [0.15, 0.2) is 36.5 Å². The predicted molar refractivity (Wildman–Crippen MR) is 126 cm³/mol. The van der Waals surface area contributed by atoms with E-state index in [1.807, 2.05) is 9.47 Å². The average Bonchev–Trinajstić information content (AvgIpc) is 3.20. The van der Waals surface area contributed by atoms with E-state index in [1.165, 1.54) is 0 Å². The van der Waals surface area contributed by atoms with Crippen LogP contribution in [-0.2, 0) is 6.54 Å². The Morgan fingerprint density at radius 2 is 1.94 bits per heavy atom. The zero-order valence-electron chi connectivity index (χ0n) is 18.9. The maximum absolute atomic E-state index is 12.9. The molecule has 0 bridgehead atoms. The van der Waals surface area contributed by atoms with Crippen molar-refractivity contribution in [1.82, 2.24) is 19.4 Å². The van der Waals surface area contributed by atoms with Crippen LogP contribution in [0.25, 0.3) is 11.2 Å². The van der Waals surface area contributed by atoms with E-state index in [4.69, 9.17) is 5.26 Å². The molecule has 1 saturated heterocycles. The first kappa shape index (κ1) is 22.5. The number of nitriles is 1. The summed E-state index contributed by atoms with van der Waals surface area (Å²) >= 11 is 0. The van der Waals surface area contributed by atoms with Gasteiger partial charge in [0, 0.05) is 31.4 Å². The Balaban J connectivity index is 1.64. The van der Waals surface area contributed by atoms with E-state index in [0.717, 1.165) is 51.6 Å². The van der Waals surface area contributed by atoms with Gasteiger partial charge in [0.15, 0.2) is 5.65 Å². The molecule has 8 nitrogen and oxygen atoms in total. The molecule has 3 aromatic rings. The maximum atomic E-state index is 12.9. The Morgan fingerprint density at radius 3 is 2.70 bits per heavy atom. The normalized spacial score (nSPS) is 13.6. The molecule has 170 valence electrons. The van der Waals surface area contributed by atoms with Crippen LogP contribution < -0.4 is 5.32 Å². The number of piperidine rings is 1. The smallest absolute Gasteiger partial charge is 0.258 e. The predicted octanol–water partition coefficient (Wildman–Crippen LogP) is 4.37. The van der Waals surface area contributed by atoms with E-state index in [1.54, 1.807) is 36.5 Å². The highest BCUT2D eigenvalue weighted by Crippen LogP contribution is 2.22. The van der Waals surface area contributed by atoms with Gasteiger partial charge < -0.3 is 4.90 Å². The van der Waals surface area contributed by atoms with Crippen molar-refractivity contribution < 1.29 is 9.59 Å². The fourth-order valence-electron chi connectivity index (χ4n) is 4.14. The third-order valence-corrected chi connectivity index (χ3v) is 5.94. The van der Waals surface area contributed by atoms with Crippen LogP contribution in [0.2, 0.25) is 0 Å². The lowest BCUT2D eigenvalue weighted by Gasteiger charge is -2.26. The van der Waals surface area contributed by atoms with Gasteiger partial charge in [-0.1, -0.05) is 25.8 Å². The minimum Gasteiger partial charge on any atom is -0.339 e. The van der Waals surface area contributed by atoms with E-state index < -0.39 is 0 Å². The van der Waals surface area contributed by atoms with Crippen LogP contribution >= 0.6 is 0 Å². The number of fused-ring (bicyclic) bond motifs is 1. The second kappa shape index (κ2) is 10.3. The van der Waals surface area contributed by atoms with E-state index in [-0.39, 0.29) is 11.8 Å². The third-order valence-electron chi connectivity index (χ3n) is 5.94. The highest BCUT2D eigenvalue weighted by molar-refractivity contribution is 6.04. The summed E-state index contributed by atoms with van der Waals surface area (Å²) in [5, 5.41) is 12.0. The molecule has 0 saturated carbocycles. The quantitative estimate of drug-likeness (QED) is 0.545. The molecule has 2 aromatic heterocycles. The topological polar surface area (TPSA) is 104 Å². The van der Waals surface area contributed by atoms with Gasteiger partial charge in [-0.2, -0.15) is 5.26 Å². The first-order valence-corrected chi connectivity index (χ1v) is 11.6. The number of pyridine rings is 1. The molecule has 0 unspecified atom stereocenters. The number of amides is 2. The number of aromatic nitrogens is 3. The summed E-state index contributed by atoms with van der Waals surface area (Å²) in [4.78, 5) is 36.8. The monoisotopic (exact) mass is 444 g/mol. The summed E-state index contributed by atoms with van der Waals surface area (Å²) in [5.41, 5.74) is 2.54. The fraction of sp³-hybridized carbons (Fsp3) is 0.400. The molecular formula is C25H28N6O2.